The smallest absolute Gasteiger partial charge is 0.330 e. The molecular formula is C26H29N5O4. The van der Waals surface area contributed by atoms with Crippen LogP contribution in [0.5, 0.6) is 0 Å². The van der Waals surface area contributed by atoms with Crippen molar-refractivity contribution < 1.29 is 9.59 Å². The Morgan fingerprint density at radius 1 is 1.00 bits per heavy atom. The Morgan fingerprint density at radius 2 is 1.60 bits per heavy atom. The number of nitrogens with two attached hydrogens (primary N) is 1. The number of hydrogen-bond acceptors (Lipinski definition) is 5. The summed E-state index contributed by atoms with van der Waals surface area (Å²) in [6.07, 6.45) is 0.629. The maximum atomic E-state index is 13.6. The van der Waals surface area contributed by atoms with Crippen molar-refractivity contribution in [1.29, 1.82) is 0 Å². The van der Waals surface area contributed by atoms with E-state index in [1.807, 2.05) is 67.6 Å². The van der Waals surface area contributed by atoms with E-state index in [0.717, 1.165) is 11.1 Å². The summed E-state index contributed by atoms with van der Waals surface area (Å²) >= 11 is 0. The van der Waals surface area contributed by atoms with Gasteiger partial charge in [0.05, 0.1) is 12.5 Å². The van der Waals surface area contributed by atoms with Crippen LogP contribution in [0.3, 0.4) is 0 Å². The number of carbonyl (C=O) groups is 2. The molecule has 1 saturated heterocycles. The molecule has 0 spiro atoms. The summed E-state index contributed by atoms with van der Waals surface area (Å²) in [4.78, 5) is 57.0. The highest BCUT2D eigenvalue weighted by Gasteiger charge is 2.38. The van der Waals surface area contributed by atoms with Crippen molar-refractivity contribution in [3.05, 3.63) is 92.6 Å². The first-order valence-electron chi connectivity index (χ1n) is 11.7. The number of nitrogens with zero attached hydrogens (tertiary/aromatic N) is 3. The molecule has 35 heavy (non-hydrogen) atoms. The monoisotopic (exact) mass is 475 g/mol. The van der Waals surface area contributed by atoms with Crippen molar-refractivity contribution in [3.8, 4) is 0 Å². The molecule has 0 radical (unpaired) electrons. The molecule has 0 bridgehead atoms. The number of rotatable bonds is 8. The van der Waals surface area contributed by atoms with Gasteiger partial charge in [0, 0.05) is 26.1 Å². The van der Waals surface area contributed by atoms with Crippen molar-refractivity contribution >= 4 is 23.3 Å². The van der Waals surface area contributed by atoms with Crippen LogP contribution in [0, 0.1) is 5.92 Å². The molecule has 2 aromatic carbocycles. The van der Waals surface area contributed by atoms with Gasteiger partial charge in [-0.1, -0.05) is 67.6 Å². The highest BCUT2D eigenvalue weighted by Crippen LogP contribution is 2.26. The minimum atomic E-state index is -0.718. The number of H-pyrrole nitrogens is 1. The Hall–Kier alpha value is -4.14. The fraction of sp³-hybridized carbons (Fsp3) is 0.308. The molecule has 1 fully saturated rings. The molecule has 0 saturated carbocycles. The summed E-state index contributed by atoms with van der Waals surface area (Å²) in [6, 6.07) is 18.8. The third kappa shape index (κ3) is 5.18. The van der Waals surface area contributed by atoms with Gasteiger partial charge < -0.3 is 15.5 Å². The summed E-state index contributed by atoms with van der Waals surface area (Å²) in [5.41, 5.74) is 6.72. The zero-order valence-corrected chi connectivity index (χ0v) is 19.6. The maximum Gasteiger partial charge on any atom is 0.330 e. The summed E-state index contributed by atoms with van der Waals surface area (Å²) in [7, 11) is 0. The molecule has 9 nitrogen and oxygen atoms in total. The highest BCUT2D eigenvalue weighted by atomic mass is 16.2. The summed E-state index contributed by atoms with van der Waals surface area (Å²) < 4.78 is 1.25. The second-order valence-electron chi connectivity index (χ2n) is 8.72. The minimum Gasteiger partial charge on any atom is -0.383 e. The van der Waals surface area contributed by atoms with Crippen LogP contribution in [0.1, 0.15) is 30.9 Å². The minimum absolute atomic E-state index is 0.0543. The Kier molecular flexibility index (Phi) is 7.14. The molecule has 1 aliphatic heterocycles. The standard InChI is InChI=1S/C26H29N5O4/c1-2-13-30(25(34)20-14-21(32)29(17-20)15-18-9-5-3-6-10-18)22-23(27)31(26(35)28-24(22)33)16-19-11-7-4-8-12-19/h3-12,20H,2,13-17,27H2,1H3,(H,28,33,35). The lowest BCUT2D eigenvalue weighted by Crippen LogP contribution is -2.44. The van der Waals surface area contributed by atoms with Crippen LogP contribution in [0.25, 0.3) is 0 Å². The van der Waals surface area contributed by atoms with E-state index < -0.39 is 17.2 Å². The van der Waals surface area contributed by atoms with E-state index in [9.17, 15) is 19.2 Å². The Labute approximate surface area is 202 Å². The average Bonchev–Trinajstić information content (AvgIpc) is 3.22. The molecule has 2 amide bonds. The van der Waals surface area contributed by atoms with Gasteiger partial charge in [-0.2, -0.15) is 0 Å². The molecule has 3 N–H and O–H groups in total. The van der Waals surface area contributed by atoms with E-state index in [4.69, 9.17) is 5.73 Å². The molecule has 3 aromatic rings. The molecule has 1 aromatic heterocycles. The van der Waals surface area contributed by atoms with E-state index in [-0.39, 0.29) is 49.4 Å². The number of nitrogens with one attached hydrogen (secondary N) is 1. The van der Waals surface area contributed by atoms with Crippen molar-refractivity contribution in [2.75, 3.05) is 23.7 Å². The number of benzene rings is 2. The van der Waals surface area contributed by atoms with Gasteiger partial charge in [0.15, 0.2) is 5.69 Å². The molecule has 9 heteroatoms. The van der Waals surface area contributed by atoms with Crippen molar-refractivity contribution in [2.24, 2.45) is 5.92 Å². The normalized spacial score (nSPS) is 15.4. The van der Waals surface area contributed by atoms with E-state index >= 15 is 0 Å². The van der Waals surface area contributed by atoms with Gasteiger partial charge in [-0.3, -0.25) is 23.9 Å². The molecule has 0 aliphatic carbocycles. The number of likely N-dealkylation sites (tertiary alicyclic amines) is 1. The topological polar surface area (TPSA) is 121 Å². The lowest BCUT2D eigenvalue weighted by molar-refractivity contribution is -0.128. The fourth-order valence-corrected chi connectivity index (χ4v) is 4.43. The van der Waals surface area contributed by atoms with Crippen molar-refractivity contribution in [3.63, 3.8) is 0 Å². The van der Waals surface area contributed by atoms with Gasteiger partial charge in [0.2, 0.25) is 11.8 Å². The van der Waals surface area contributed by atoms with Gasteiger partial charge in [-0.25, -0.2) is 4.79 Å². The van der Waals surface area contributed by atoms with Gasteiger partial charge in [-0.15, -0.1) is 0 Å². The number of amides is 2. The zero-order chi connectivity index (χ0) is 24.9. The first-order valence-corrected chi connectivity index (χ1v) is 11.7. The van der Waals surface area contributed by atoms with Gasteiger partial charge in [-0.05, 0) is 17.5 Å². The maximum absolute atomic E-state index is 13.6. The lowest BCUT2D eigenvalue weighted by Gasteiger charge is -2.26. The molecular weight excluding hydrogens is 446 g/mol. The quantitative estimate of drug-likeness (QED) is 0.516. The first kappa shape index (κ1) is 24.0. The van der Waals surface area contributed by atoms with E-state index in [0.29, 0.717) is 13.0 Å². The zero-order valence-electron chi connectivity index (χ0n) is 19.6. The second kappa shape index (κ2) is 10.4. The van der Waals surface area contributed by atoms with Gasteiger partial charge in [0.25, 0.3) is 5.56 Å². The molecule has 2 heterocycles. The van der Waals surface area contributed by atoms with E-state index in [2.05, 4.69) is 4.98 Å². The molecule has 182 valence electrons. The number of carbonyl (C=O) groups excluding carboxylic acids is 2. The van der Waals surface area contributed by atoms with Crippen LogP contribution in [0.2, 0.25) is 0 Å². The molecule has 1 aliphatic rings. The highest BCUT2D eigenvalue weighted by molar-refractivity contribution is 6.00. The third-order valence-electron chi connectivity index (χ3n) is 6.16. The lowest BCUT2D eigenvalue weighted by atomic mass is 10.1. The third-order valence-corrected chi connectivity index (χ3v) is 6.16. The van der Waals surface area contributed by atoms with Gasteiger partial charge >= 0.3 is 5.69 Å². The van der Waals surface area contributed by atoms with Crippen LogP contribution < -0.4 is 21.9 Å². The van der Waals surface area contributed by atoms with Crippen LogP contribution in [-0.4, -0.2) is 39.4 Å². The summed E-state index contributed by atoms with van der Waals surface area (Å²) in [5, 5.41) is 0. The number of aromatic amines is 1. The first-order chi connectivity index (χ1) is 16.9. The van der Waals surface area contributed by atoms with Crippen molar-refractivity contribution in [1.82, 2.24) is 14.5 Å². The second-order valence-corrected chi connectivity index (χ2v) is 8.72. The SMILES string of the molecule is CCCN(C(=O)C1CC(=O)N(Cc2ccccc2)C1)c1c(N)n(Cc2ccccc2)c(=O)[nH]c1=O. The predicted molar refractivity (Wildman–Crippen MR) is 134 cm³/mol. The summed E-state index contributed by atoms with van der Waals surface area (Å²) in [6.45, 7) is 2.94. The summed E-state index contributed by atoms with van der Waals surface area (Å²) in [5.74, 6) is -1.14. The van der Waals surface area contributed by atoms with Gasteiger partial charge in [0.1, 0.15) is 5.82 Å². The van der Waals surface area contributed by atoms with Crippen LogP contribution in [-0.2, 0) is 22.7 Å². The molecule has 1 atom stereocenters. The average molecular weight is 476 g/mol. The van der Waals surface area contributed by atoms with Crippen LogP contribution >= 0.6 is 0 Å². The Balaban J connectivity index is 1.62. The fourth-order valence-electron chi connectivity index (χ4n) is 4.43. The largest absolute Gasteiger partial charge is 0.383 e. The number of aromatic nitrogens is 2. The Bertz CT molecular complexity index is 1320. The predicted octanol–water partition coefficient (Wildman–Crippen LogP) is 1.96. The van der Waals surface area contributed by atoms with E-state index in [1.54, 1.807) is 4.90 Å². The number of nitrogen functional groups attached to an aromatic ring is 1. The number of hydrogen-bond donors (Lipinski definition) is 2. The van der Waals surface area contributed by atoms with E-state index in [1.165, 1.54) is 9.47 Å². The number of anilines is 2. The Morgan fingerprint density at radius 3 is 2.20 bits per heavy atom. The van der Waals surface area contributed by atoms with Crippen molar-refractivity contribution in [2.45, 2.75) is 32.9 Å². The molecule has 4 rings (SSSR count). The van der Waals surface area contributed by atoms with Crippen LogP contribution in [0.15, 0.2) is 70.3 Å². The molecule has 1 unspecified atom stereocenters. The van der Waals surface area contributed by atoms with Crippen LogP contribution in [0.4, 0.5) is 11.5 Å².